The van der Waals surface area contributed by atoms with Gasteiger partial charge in [-0.05, 0) is 44.2 Å². The third-order valence-corrected chi connectivity index (χ3v) is 7.16. The molecule has 2 aromatic carbocycles. The first-order valence-electron chi connectivity index (χ1n) is 9.70. The molecule has 0 saturated carbocycles. The molecule has 0 radical (unpaired) electrons. The van der Waals surface area contributed by atoms with Crippen molar-refractivity contribution >= 4 is 21.6 Å². The minimum Gasteiger partial charge on any atom is -0.311 e. The lowest BCUT2D eigenvalue weighted by Gasteiger charge is -2.38. The Balaban J connectivity index is 1.66. The van der Waals surface area contributed by atoms with E-state index in [9.17, 15) is 17.6 Å². The Bertz CT molecular complexity index is 945. The van der Waals surface area contributed by atoms with Gasteiger partial charge in [0.25, 0.3) is 0 Å². The molecule has 0 spiro atoms. The number of hydrogen-bond acceptors (Lipinski definition) is 4. The van der Waals surface area contributed by atoms with Gasteiger partial charge in [-0.1, -0.05) is 24.3 Å². The van der Waals surface area contributed by atoms with E-state index in [-0.39, 0.29) is 29.9 Å². The van der Waals surface area contributed by atoms with Gasteiger partial charge in [-0.3, -0.25) is 9.69 Å². The van der Waals surface area contributed by atoms with Gasteiger partial charge in [0.1, 0.15) is 5.82 Å². The molecular weight excluding hydrogens is 393 g/mol. The predicted octanol–water partition coefficient (Wildman–Crippen LogP) is 2.57. The van der Waals surface area contributed by atoms with Gasteiger partial charge >= 0.3 is 0 Å². The topological polar surface area (TPSA) is 60.9 Å². The number of halogens is 1. The maximum Gasteiger partial charge on any atom is 0.244 e. The summed E-state index contributed by atoms with van der Waals surface area (Å²) in [7, 11) is -3.75. The first-order valence-corrected chi connectivity index (χ1v) is 11.1. The summed E-state index contributed by atoms with van der Waals surface area (Å²) in [6.45, 7) is 5.73. The van der Waals surface area contributed by atoms with Crippen LogP contribution >= 0.6 is 0 Å². The number of carbonyl (C=O) groups is 1. The van der Waals surface area contributed by atoms with Crippen molar-refractivity contribution in [3.05, 3.63) is 60.4 Å². The number of anilines is 1. The zero-order valence-corrected chi connectivity index (χ0v) is 17.5. The lowest BCUT2D eigenvalue weighted by atomic mass is 10.2. The average Bonchev–Trinajstić information content (AvgIpc) is 2.74. The maximum absolute atomic E-state index is 13.4. The molecule has 1 aliphatic heterocycles. The van der Waals surface area contributed by atoms with Gasteiger partial charge in [-0.25, -0.2) is 12.8 Å². The number of sulfonamides is 1. The van der Waals surface area contributed by atoms with Crippen LogP contribution in [0.1, 0.15) is 13.8 Å². The fraction of sp³-hybridized carbons (Fsp3) is 0.381. The molecule has 1 amide bonds. The fourth-order valence-corrected chi connectivity index (χ4v) is 5.02. The SMILES string of the molecule is CCN(C(=O)[C@H](C)N1CCN(S(=O)(=O)c2cccc(F)c2)CC1)c1ccccc1. The van der Waals surface area contributed by atoms with Crippen molar-refractivity contribution in [2.24, 2.45) is 0 Å². The van der Waals surface area contributed by atoms with E-state index in [4.69, 9.17) is 0 Å². The van der Waals surface area contributed by atoms with Crippen molar-refractivity contribution in [3.8, 4) is 0 Å². The van der Waals surface area contributed by atoms with E-state index in [1.807, 2.05) is 49.1 Å². The number of carbonyl (C=O) groups excluding carboxylic acids is 1. The molecule has 0 aromatic heterocycles. The van der Waals surface area contributed by atoms with Crippen LogP contribution in [-0.4, -0.2) is 62.3 Å². The van der Waals surface area contributed by atoms with E-state index >= 15 is 0 Å². The summed E-state index contributed by atoms with van der Waals surface area (Å²) in [6, 6.07) is 14.2. The molecule has 6 nitrogen and oxygen atoms in total. The van der Waals surface area contributed by atoms with Crippen LogP contribution in [0.2, 0.25) is 0 Å². The largest absolute Gasteiger partial charge is 0.311 e. The van der Waals surface area contributed by atoms with Crippen LogP contribution in [0.4, 0.5) is 10.1 Å². The monoisotopic (exact) mass is 419 g/mol. The quantitative estimate of drug-likeness (QED) is 0.722. The molecule has 0 bridgehead atoms. The lowest BCUT2D eigenvalue weighted by molar-refractivity contribution is -0.123. The molecular formula is C21H26FN3O3S. The molecule has 3 rings (SSSR count). The molecule has 1 fully saturated rings. The van der Waals surface area contributed by atoms with Crippen molar-refractivity contribution in [1.82, 2.24) is 9.21 Å². The molecule has 29 heavy (non-hydrogen) atoms. The molecule has 1 atom stereocenters. The fourth-order valence-electron chi connectivity index (χ4n) is 3.56. The van der Waals surface area contributed by atoms with Crippen molar-refractivity contribution < 1.29 is 17.6 Å². The molecule has 1 aliphatic rings. The predicted molar refractivity (Wildman–Crippen MR) is 111 cm³/mol. The van der Waals surface area contributed by atoms with Gasteiger partial charge < -0.3 is 4.90 Å². The van der Waals surface area contributed by atoms with E-state index in [0.29, 0.717) is 19.6 Å². The van der Waals surface area contributed by atoms with Crippen molar-refractivity contribution in [1.29, 1.82) is 0 Å². The second-order valence-corrected chi connectivity index (χ2v) is 8.93. The summed E-state index contributed by atoms with van der Waals surface area (Å²) >= 11 is 0. The molecule has 156 valence electrons. The highest BCUT2D eigenvalue weighted by Crippen LogP contribution is 2.21. The minimum absolute atomic E-state index is 0.0138. The Hall–Kier alpha value is -2.29. The Morgan fingerprint density at radius 1 is 1.07 bits per heavy atom. The number of likely N-dealkylation sites (N-methyl/N-ethyl adjacent to an activating group) is 1. The normalized spacial score (nSPS) is 17.1. The van der Waals surface area contributed by atoms with E-state index in [1.54, 1.807) is 4.90 Å². The Labute approximate surface area is 171 Å². The molecule has 2 aromatic rings. The molecule has 0 aliphatic carbocycles. The van der Waals surface area contributed by atoms with Gasteiger partial charge in [-0.2, -0.15) is 4.31 Å². The average molecular weight is 420 g/mol. The number of amides is 1. The van der Waals surface area contributed by atoms with Crippen molar-refractivity contribution in [2.45, 2.75) is 24.8 Å². The number of piperazine rings is 1. The zero-order valence-electron chi connectivity index (χ0n) is 16.7. The molecule has 8 heteroatoms. The first-order chi connectivity index (χ1) is 13.8. The van der Waals surface area contributed by atoms with Crippen LogP contribution in [-0.2, 0) is 14.8 Å². The highest BCUT2D eigenvalue weighted by Gasteiger charge is 2.33. The maximum atomic E-state index is 13.4. The molecule has 1 saturated heterocycles. The highest BCUT2D eigenvalue weighted by molar-refractivity contribution is 7.89. The van der Waals surface area contributed by atoms with E-state index in [2.05, 4.69) is 0 Å². The minimum atomic E-state index is -3.75. The van der Waals surface area contributed by atoms with Crippen molar-refractivity contribution in [2.75, 3.05) is 37.6 Å². The van der Waals surface area contributed by atoms with E-state index in [1.165, 1.54) is 22.5 Å². The lowest BCUT2D eigenvalue weighted by Crippen LogP contribution is -2.55. The van der Waals surface area contributed by atoms with Gasteiger partial charge in [0.05, 0.1) is 10.9 Å². The summed E-state index contributed by atoms with van der Waals surface area (Å²) in [4.78, 5) is 16.7. The summed E-state index contributed by atoms with van der Waals surface area (Å²) in [5.41, 5.74) is 0.846. The van der Waals surface area contributed by atoms with Crippen LogP contribution < -0.4 is 4.90 Å². The van der Waals surface area contributed by atoms with Crippen LogP contribution in [0.3, 0.4) is 0 Å². The Kier molecular flexibility index (Phi) is 6.66. The summed E-state index contributed by atoms with van der Waals surface area (Å²) in [5.74, 6) is -0.593. The van der Waals surface area contributed by atoms with Crippen LogP contribution in [0.5, 0.6) is 0 Å². The first kappa shape index (κ1) is 21.4. The highest BCUT2D eigenvalue weighted by atomic mass is 32.2. The second-order valence-electron chi connectivity index (χ2n) is 6.99. The molecule has 1 heterocycles. The van der Waals surface area contributed by atoms with Crippen LogP contribution in [0.25, 0.3) is 0 Å². The summed E-state index contributed by atoms with van der Waals surface area (Å²) in [6.07, 6.45) is 0. The van der Waals surface area contributed by atoms with E-state index < -0.39 is 15.8 Å². The Morgan fingerprint density at radius 3 is 2.31 bits per heavy atom. The third-order valence-electron chi connectivity index (χ3n) is 5.26. The number of rotatable bonds is 6. The van der Waals surface area contributed by atoms with E-state index in [0.717, 1.165) is 11.8 Å². The van der Waals surface area contributed by atoms with Gasteiger partial charge in [0.15, 0.2) is 0 Å². The standard InChI is InChI=1S/C21H26FN3O3S/c1-3-25(19-9-5-4-6-10-19)21(26)17(2)23-12-14-24(15-13-23)29(27,28)20-11-7-8-18(22)16-20/h4-11,16-17H,3,12-15H2,1-2H3/t17-/m0/s1. The third kappa shape index (κ3) is 4.66. The smallest absolute Gasteiger partial charge is 0.244 e. The number of benzene rings is 2. The number of para-hydroxylation sites is 1. The second kappa shape index (κ2) is 9.02. The number of nitrogens with zero attached hydrogens (tertiary/aromatic N) is 3. The van der Waals surface area contributed by atoms with Gasteiger partial charge in [-0.15, -0.1) is 0 Å². The molecule has 0 N–H and O–H groups in total. The summed E-state index contributed by atoms with van der Waals surface area (Å²) < 4.78 is 40.3. The Morgan fingerprint density at radius 2 is 1.72 bits per heavy atom. The van der Waals surface area contributed by atoms with Crippen molar-refractivity contribution in [3.63, 3.8) is 0 Å². The summed E-state index contributed by atoms with van der Waals surface area (Å²) in [5, 5.41) is 0. The van der Waals surface area contributed by atoms with Gasteiger partial charge in [0, 0.05) is 38.4 Å². The zero-order chi connectivity index (χ0) is 21.0. The van der Waals surface area contributed by atoms with Gasteiger partial charge in [0.2, 0.25) is 15.9 Å². The van der Waals surface area contributed by atoms with Crippen LogP contribution in [0.15, 0.2) is 59.5 Å². The number of hydrogen-bond donors (Lipinski definition) is 0. The van der Waals surface area contributed by atoms with Crippen LogP contribution in [0, 0.1) is 5.82 Å². The molecule has 0 unspecified atom stereocenters.